The minimum atomic E-state index is -4.42. The summed E-state index contributed by atoms with van der Waals surface area (Å²) in [6, 6.07) is -0.181. The summed E-state index contributed by atoms with van der Waals surface area (Å²) in [6.45, 7) is 1.99. The Morgan fingerprint density at radius 1 is 1.30 bits per heavy atom. The van der Waals surface area contributed by atoms with Crippen LogP contribution in [0.15, 0.2) is 12.4 Å². The molecule has 1 N–H and O–H groups in total. The van der Waals surface area contributed by atoms with Gasteiger partial charge in [-0.15, -0.1) is 0 Å². The van der Waals surface area contributed by atoms with Crippen molar-refractivity contribution in [3.05, 3.63) is 18.0 Å². The molecule has 108 valence electrons. The SMILES string of the molecule is O=CC1NCC2CN(c3ncc(C(F)(F)F)cn3)CC21. The number of rotatable bonds is 2. The molecule has 20 heavy (non-hydrogen) atoms. The van der Waals surface area contributed by atoms with Gasteiger partial charge in [0.1, 0.15) is 6.29 Å². The second-order valence-electron chi connectivity index (χ2n) is 5.17. The summed E-state index contributed by atoms with van der Waals surface area (Å²) in [7, 11) is 0. The van der Waals surface area contributed by atoms with E-state index in [9.17, 15) is 18.0 Å². The first-order valence-electron chi connectivity index (χ1n) is 6.32. The number of hydrogen-bond acceptors (Lipinski definition) is 5. The Balaban J connectivity index is 1.74. The average molecular weight is 286 g/mol. The molecule has 3 heterocycles. The molecule has 0 spiro atoms. The number of fused-ring (bicyclic) bond motifs is 1. The van der Waals surface area contributed by atoms with Gasteiger partial charge in [-0.25, -0.2) is 9.97 Å². The molecule has 0 saturated carbocycles. The van der Waals surface area contributed by atoms with Crippen LogP contribution in [0.1, 0.15) is 5.56 Å². The Hall–Kier alpha value is -1.70. The Morgan fingerprint density at radius 2 is 2.00 bits per heavy atom. The smallest absolute Gasteiger partial charge is 0.340 e. The van der Waals surface area contributed by atoms with Crippen molar-refractivity contribution in [3.63, 3.8) is 0 Å². The predicted octanol–water partition coefficient (Wildman–Crippen LogP) is 0.718. The molecular formula is C12H13F3N4O. The average Bonchev–Trinajstić information content (AvgIpc) is 2.97. The van der Waals surface area contributed by atoms with Crippen LogP contribution >= 0.6 is 0 Å². The first kappa shape index (κ1) is 13.3. The standard InChI is InChI=1S/C12H13F3N4O/c13-12(14,15)8-2-17-11(18-3-8)19-4-7-1-16-10(6-20)9(7)5-19/h2-3,6-7,9-10,16H,1,4-5H2. The zero-order valence-electron chi connectivity index (χ0n) is 10.5. The summed E-state index contributed by atoms with van der Waals surface area (Å²) in [5.74, 6) is 0.784. The van der Waals surface area contributed by atoms with Gasteiger partial charge < -0.3 is 15.0 Å². The van der Waals surface area contributed by atoms with Crippen molar-refractivity contribution in [1.29, 1.82) is 0 Å². The Bertz CT molecular complexity index is 504. The molecule has 0 amide bonds. The molecule has 0 radical (unpaired) electrons. The minimum absolute atomic E-state index is 0.179. The highest BCUT2D eigenvalue weighted by Gasteiger charge is 2.43. The lowest BCUT2D eigenvalue weighted by Gasteiger charge is -2.18. The maximum atomic E-state index is 12.4. The van der Waals surface area contributed by atoms with Crippen LogP contribution in [-0.2, 0) is 11.0 Å². The summed E-state index contributed by atoms with van der Waals surface area (Å²) in [5.41, 5.74) is -0.854. The van der Waals surface area contributed by atoms with Crippen molar-refractivity contribution < 1.29 is 18.0 Å². The van der Waals surface area contributed by atoms with Gasteiger partial charge in [0.25, 0.3) is 0 Å². The summed E-state index contributed by atoms with van der Waals surface area (Å²) in [5, 5.41) is 3.13. The fourth-order valence-corrected chi connectivity index (χ4v) is 2.90. The number of halogens is 3. The number of carbonyl (C=O) groups is 1. The van der Waals surface area contributed by atoms with Gasteiger partial charge in [0.05, 0.1) is 11.6 Å². The first-order valence-corrected chi connectivity index (χ1v) is 6.32. The molecule has 1 aromatic heterocycles. The Morgan fingerprint density at radius 3 is 2.60 bits per heavy atom. The van der Waals surface area contributed by atoms with E-state index in [0.29, 0.717) is 19.0 Å². The number of aromatic nitrogens is 2. The number of alkyl halides is 3. The lowest BCUT2D eigenvalue weighted by atomic mass is 9.95. The monoisotopic (exact) mass is 286 g/mol. The molecule has 0 aliphatic carbocycles. The minimum Gasteiger partial charge on any atom is -0.340 e. The third-order valence-electron chi connectivity index (χ3n) is 3.96. The highest BCUT2D eigenvalue weighted by atomic mass is 19.4. The van der Waals surface area contributed by atoms with Crippen molar-refractivity contribution in [3.8, 4) is 0 Å². The number of anilines is 1. The number of nitrogens with one attached hydrogen (secondary N) is 1. The molecule has 8 heteroatoms. The van der Waals surface area contributed by atoms with Gasteiger partial charge in [0.15, 0.2) is 0 Å². The van der Waals surface area contributed by atoms with E-state index in [-0.39, 0.29) is 17.9 Å². The summed E-state index contributed by atoms with van der Waals surface area (Å²) < 4.78 is 37.3. The molecule has 0 aromatic carbocycles. The first-order chi connectivity index (χ1) is 9.49. The highest BCUT2D eigenvalue weighted by molar-refractivity contribution is 5.60. The molecule has 5 nitrogen and oxygen atoms in total. The lowest BCUT2D eigenvalue weighted by Crippen LogP contribution is -2.34. The van der Waals surface area contributed by atoms with E-state index in [4.69, 9.17) is 0 Å². The Kier molecular flexibility index (Phi) is 3.12. The molecular weight excluding hydrogens is 273 g/mol. The predicted molar refractivity (Wildman–Crippen MR) is 64.1 cm³/mol. The van der Waals surface area contributed by atoms with Crippen LogP contribution in [0.4, 0.5) is 19.1 Å². The van der Waals surface area contributed by atoms with Crippen LogP contribution in [0.5, 0.6) is 0 Å². The number of carbonyl (C=O) groups excluding carboxylic acids is 1. The maximum absolute atomic E-state index is 12.4. The van der Waals surface area contributed by atoms with Crippen molar-refractivity contribution in [2.45, 2.75) is 12.2 Å². The zero-order chi connectivity index (χ0) is 14.3. The maximum Gasteiger partial charge on any atom is 0.419 e. The molecule has 2 fully saturated rings. The zero-order valence-corrected chi connectivity index (χ0v) is 10.5. The summed E-state index contributed by atoms with van der Waals surface area (Å²) in [4.78, 5) is 20.3. The van der Waals surface area contributed by atoms with Crippen molar-refractivity contribution in [2.75, 3.05) is 24.5 Å². The summed E-state index contributed by atoms with van der Waals surface area (Å²) in [6.07, 6.45) is -1.94. The topological polar surface area (TPSA) is 58.1 Å². The molecule has 3 unspecified atom stereocenters. The van der Waals surface area contributed by atoms with Crippen LogP contribution in [0.2, 0.25) is 0 Å². The van der Waals surface area contributed by atoms with Crippen molar-refractivity contribution in [2.24, 2.45) is 11.8 Å². The lowest BCUT2D eigenvalue weighted by molar-refractivity contribution is -0.138. The van der Waals surface area contributed by atoms with Gasteiger partial charge >= 0.3 is 6.18 Å². The van der Waals surface area contributed by atoms with Crippen LogP contribution < -0.4 is 10.2 Å². The molecule has 2 aliphatic heterocycles. The van der Waals surface area contributed by atoms with E-state index < -0.39 is 11.7 Å². The van der Waals surface area contributed by atoms with Crippen LogP contribution in [-0.4, -0.2) is 41.9 Å². The highest BCUT2D eigenvalue weighted by Crippen LogP contribution is 2.33. The van der Waals surface area contributed by atoms with E-state index in [2.05, 4.69) is 15.3 Å². The van der Waals surface area contributed by atoms with Crippen LogP contribution in [0, 0.1) is 11.8 Å². The van der Waals surface area contributed by atoms with E-state index >= 15 is 0 Å². The summed E-state index contributed by atoms with van der Waals surface area (Å²) >= 11 is 0. The third-order valence-corrected chi connectivity index (χ3v) is 3.96. The number of aldehydes is 1. The second kappa shape index (κ2) is 4.69. The fraction of sp³-hybridized carbons (Fsp3) is 0.583. The molecule has 3 atom stereocenters. The fourth-order valence-electron chi connectivity index (χ4n) is 2.90. The van der Waals surface area contributed by atoms with Gasteiger partial charge in [-0.3, -0.25) is 0 Å². The van der Waals surface area contributed by atoms with Crippen molar-refractivity contribution >= 4 is 12.2 Å². The molecule has 2 saturated heterocycles. The quantitative estimate of drug-likeness (QED) is 0.812. The van der Waals surface area contributed by atoms with Gasteiger partial charge in [0.2, 0.25) is 5.95 Å². The van der Waals surface area contributed by atoms with E-state index in [1.807, 2.05) is 4.90 Å². The number of nitrogens with zero attached hydrogens (tertiary/aromatic N) is 3. The van der Waals surface area contributed by atoms with Gasteiger partial charge in [-0.2, -0.15) is 13.2 Å². The van der Waals surface area contributed by atoms with E-state index in [1.165, 1.54) is 0 Å². The molecule has 2 aliphatic rings. The van der Waals surface area contributed by atoms with Crippen molar-refractivity contribution in [1.82, 2.24) is 15.3 Å². The second-order valence-corrected chi connectivity index (χ2v) is 5.17. The van der Waals surface area contributed by atoms with Gasteiger partial charge in [-0.05, 0) is 5.92 Å². The van der Waals surface area contributed by atoms with Gasteiger partial charge in [0, 0.05) is 37.9 Å². The largest absolute Gasteiger partial charge is 0.419 e. The van der Waals surface area contributed by atoms with Crippen LogP contribution in [0.3, 0.4) is 0 Å². The molecule has 0 bridgehead atoms. The Labute approximate surface area is 113 Å². The van der Waals surface area contributed by atoms with Gasteiger partial charge in [-0.1, -0.05) is 0 Å². The van der Waals surface area contributed by atoms with Crippen LogP contribution in [0.25, 0.3) is 0 Å². The molecule has 3 rings (SSSR count). The number of hydrogen-bond donors (Lipinski definition) is 1. The third kappa shape index (κ3) is 2.24. The normalized spacial score (nSPS) is 29.6. The molecule has 1 aromatic rings. The van der Waals surface area contributed by atoms with E-state index in [1.54, 1.807) is 0 Å². The van der Waals surface area contributed by atoms with E-state index in [0.717, 1.165) is 25.2 Å².